The number of hydrogen-bond acceptors (Lipinski definition) is 5. The third-order valence-electron chi connectivity index (χ3n) is 4.24. The first-order valence-electron chi connectivity index (χ1n) is 7.61. The molecule has 2 aromatic heterocycles. The maximum Gasteiger partial charge on any atom is 0.327 e. The molecule has 8 nitrogen and oxygen atoms in total. The van der Waals surface area contributed by atoms with Crippen LogP contribution < -0.4 is 21.9 Å². The number of aromatic amines is 2. The van der Waals surface area contributed by atoms with Gasteiger partial charge >= 0.3 is 5.69 Å². The van der Waals surface area contributed by atoms with Gasteiger partial charge in [-0.25, -0.2) is 9.78 Å². The van der Waals surface area contributed by atoms with Crippen LogP contribution >= 0.6 is 24.8 Å². The van der Waals surface area contributed by atoms with E-state index >= 15 is 0 Å². The molecule has 1 aliphatic rings. The minimum absolute atomic E-state index is 0. The molecule has 4 N–H and O–H groups in total. The van der Waals surface area contributed by atoms with E-state index in [9.17, 15) is 14.4 Å². The van der Waals surface area contributed by atoms with Gasteiger partial charge in [0, 0.05) is 6.04 Å². The molecule has 0 spiro atoms. The number of aryl methyl sites for hydroxylation is 1. The maximum atomic E-state index is 12.5. The van der Waals surface area contributed by atoms with Crippen LogP contribution in [0.1, 0.15) is 29.4 Å². The van der Waals surface area contributed by atoms with Gasteiger partial charge in [-0.1, -0.05) is 6.92 Å². The van der Waals surface area contributed by atoms with Crippen molar-refractivity contribution in [2.75, 3.05) is 13.1 Å². The number of rotatable bonds is 2. The number of fused-ring (bicyclic) bond motifs is 1. The Kier molecular flexibility index (Phi) is 7.16. The smallest absolute Gasteiger partial charge is 0.327 e. The lowest BCUT2D eigenvalue weighted by Crippen LogP contribution is -2.48. The molecule has 2 unspecified atom stereocenters. The molecule has 0 radical (unpaired) electrons. The fraction of sp³-hybridized carbons (Fsp3) is 0.467. The second kappa shape index (κ2) is 8.46. The number of amides is 1. The van der Waals surface area contributed by atoms with Crippen LogP contribution in [0, 0.1) is 12.8 Å². The number of nitrogens with zero attached hydrogens (tertiary/aromatic N) is 1. The minimum atomic E-state index is -0.640. The van der Waals surface area contributed by atoms with E-state index in [0.29, 0.717) is 11.5 Å². The summed E-state index contributed by atoms with van der Waals surface area (Å²) >= 11 is 0. The Morgan fingerprint density at radius 2 is 2.00 bits per heavy atom. The Labute approximate surface area is 156 Å². The van der Waals surface area contributed by atoms with Crippen molar-refractivity contribution in [3.05, 3.63) is 38.2 Å². The average molecular weight is 390 g/mol. The topological polar surface area (TPSA) is 120 Å². The van der Waals surface area contributed by atoms with Crippen LogP contribution in [0.4, 0.5) is 0 Å². The predicted molar refractivity (Wildman–Crippen MR) is 100 cm³/mol. The van der Waals surface area contributed by atoms with Gasteiger partial charge in [0.2, 0.25) is 0 Å². The Morgan fingerprint density at radius 3 is 2.68 bits per heavy atom. The quantitative estimate of drug-likeness (QED) is 0.595. The van der Waals surface area contributed by atoms with Crippen molar-refractivity contribution in [3.63, 3.8) is 0 Å². The third-order valence-corrected chi connectivity index (χ3v) is 4.24. The molecule has 1 aliphatic heterocycles. The second-order valence-corrected chi connectivity index (χ2v) is 6.01. The van der Waals surface area contributed by atoms with Crippen LogP contribution in [0.5, 0.6) is 0 Å². The molecule has 25 heavy (non-hydrogen) atoms. The fourth-order valence-corrected chi connectivity index (χ4v) is 2.94. The van der Waals surface area contributed by atoms with Gasteiger partial charge in [-0.3, -0.25) is 19.6 Å². The molecule has 1 saturated heterocycles. The zero-order valence-corrected chi connectivity index (χ0v) is 15.5. The molecule has 0 aromatic carbocycles. The van der Waals surface area contributed by atoms with Crippen LogP contribution in [0.2, 0.25) is 0 Å². The molecule has 1 amide bonds. The zero-order chi connectivity index (χ0) is 16.6. The summed E-state index contributed by atoms with van der Waals surface area (Å²) in [6, 6.07) is 1.65. The van der Waals surface area contributed by atoms with E-state index in [2.05, 4.69) is 32.5 Å². The highest BCUT2D eigenvalue weighted by Crippen LogP contribution is 2.14. The van der Waals surface area contributed by atoms with E-state index in [1.165, 1.54) is 0 Å². The summed E-state index contributed by atoms with van der Waals surface area (Å²) in [5.41, 5.74) is -0.230. The molecule has 138 valence electrons. The number of carbonyl (C=O) groups excluding carboxylic acids is 1. The number of nitrogens with one attached hydrogen (secondary N) is 4. The highest BCUT2D eigenvalue weighted by atomic mass is 35.5. The lowest BCUT2D eigenvalue weighted by Gasteiger charge is -2.30. The van der Waals surface area contributed by atoms with Crippen molar-refractivity contribution in [1.82, 2.24) is 25.6 Å². The number of carbonyl (C=O) groups is 1. The van der Waals surface area contributed by atoms with Crippen molar-refractivity contribution in [2.24, 2.45) is 5.92 Å². The summed E-state index contributed by atoms with van der Waals surface area (Å²) in [7, 11) is 0. The number of piperidine rings is 1. The molecule has 0 saturated carbocycles. The van der Waals surface area contributed by atoms with Gasteiger partial charge in [0.15, 0.2) is 0 Å². The number of halogens is 2. The predicted octanol–water partition coefficient (Wildman–Crippen LogP) is 0.491. The van der Waals surface area contributed by atoms with Crippen LogP contribution in [0.25, 0.3) is 11.0 Å². The molecule has 3 heterocycles. The molecule has 0 aliphatic carbocycles. The first kappa shape index (κ1) is 21.1. The van der Waals surface area contributed by atoms with Crippen molar-refractivity contribution in [2.45, 2.75) is 26.3 Å². The molecular weight excluding hydrogens is 369 g/mol. The monoisotopic (exact) mass is 389 g/mol. The van der Waals surface area contributed by atoms with Crippen LogP contribution in [-0.4, -0.2) is 40.0 Å². The molecule has 1 fully saturated rings. The molecule has 10 heteroatoms. The Morgan fingerprint density at radius 1 is 1.28 bits per heavy atom. The first-order valence-corrected chi connectivity index (χ1v) is 7.61. The van der Waals surface area contributed by atoms with Gasteiger partial charge in [-0.05, 0) is 44.0 Å². The second-order valence-electron chi connectivity index (χ2n) is 6.01. The van der Waals surface area contributed by atoms with Crippen LogP contribution in [0.3, 0.4) is 0 Å². The van der Waals surface area contributed by atoms with Gasteiger partial charge in [0.1, 0.15) is 11.3 Å². The largest absolute Gasteiger partial charge is 0.348 e. The van der Waals surface area contributed by atoms with E-state index in [-0.39, 0.29) is 53.5 Å². The van der Waals surface area contributed by atoms with Gasteiger partial charge in [0.05, 0.1) is 5.39 Å². The van der Waals surface area contributed by atoms with Crippen molar-refractivity contribution in [1.29, 1.82) is 0 Å². The van der Waals surface area contributed by atoms with Crippen molar-refractivity contribution in [3.8, 4) is 0 Å². The van der Waals surface area contributed by atoms with E-state index < -0.39 is 11.2 Å². The van der Waals surface area contributed by atoms with Gasteiger partial charge < -0.3 is 10.6 Å². The van der Waals surface area contributed by atoms with E-state index in [1.807, 2.05) is 0 Å². The van der Waals surface area contributed by atoms with Crippen molar-refractivity contribution >= 4 is 41.8 Å². The third kappa shape index (κ3) is 4.39. The lowest BCUT2D eigenvalue weighted by atomic mass is 9.95. The van der Waals surface area contributed by atoms with E-state index in [4.69, 9.17) is 0 Å². The van der Waals surface area contributed by atoms with E-state index in [1.54, 1.807) is 13.0 Å². The van der Waals surface area contributed by atoms with E-state index in [0.717, 1.165) is 19.5 Å². The molecular formula is C15H21Cl2N5O3. The Bertz CT molecular complexity index is 880. The van der Waals surface area contributed by atoms with Gasteiger partial charge in [0.25, 0.3) is 11.5 Å². The fourth-order valence-electron chi connectivity index (χ4n) is 2.94. The number of H-pyrrole nitrogens is 2. The summed E-state index contributed by atoms with van der Waals surface area (Å²) in [5, 5.41) is 6.55. The molecule has 2 aromatic rings. The molecule has 0 bridgehead atoms. The number of aromatic nitrogens is 3. The first-order chi connectivity index (χ1) is 11.0. The lowest BCUT2D eigenvalue weighted by molar-refractivity contribution is 0.0909. The summed E-state index contributed by atoms with van der Waals surface area (Å²) in [5.74, 6) is 0.0341. The zero-order valence-electron chi connectivity index (χ0n) is 13.8. The Balaban J connectivity index is 0.00000156. The highest BCUT2D eigenvalue weighted by molar-refractivity contribution is 5.95. The Hall–Kier alpha value is -1.90. The summed E-state index contributed by atoms with van der Waals surface area (Å²) < 4.78 is 0. The number of hydrogen-bond donors (Lipinski definition) is 4. The average Bonchev–Trinajstić information content (AvgIpc) is 2.48. The highest BCUT2D eigenvalue weighted by Gasteiger charge is 2.24. The summed E-state index contributed by atoms with van der Waals surface area (Å²) in [6.45, 7) is 5.51. The van der Waals surface area contributed by atoms with Crippen LogP contribution in [-0.2, 0) is 0 Å². The molecule has 2 atom stereocenters. The van der Waals surface area contributed by atoms with Crippen molar-refractivity contribution < 1.29 is 4.79 Å². The SMILES string of the molecule is Cc1cc(C(=O)NC2CCNCC2C)nc2[nH]c(=O)[nH]c(=O)c12.Cl.Cl. The normalized spacial score (nSPS) is 19.6. The standard InChI is InChI=1S/C15H19N5O3.2ClH/c1-7-5-10(13(21)18-9-3-4-16-6-8(9)2)17-12-11(7)14(22)20-15(23)19-12;;/h5,8-9,16H,3-4,6H2,1-2H3,(H,18,21)(H2,17,19,20,22,23);2*1H. The van der Waals surface area contributed by atoms with Gasteiger partial charge in [-0.15, -0.1) is 24.8 Å². The summed E-state index contributed by atoms with van der Waals surface area (Å²) in [4.78, 5) is 44.5. The minimum Gasteiger partial charge on any atom is -0.348 e. The van der Waals surface area contributed by atoms with Gasteiger partial charge in [-0.2, -0.15) is 0 Å². The summed E-state index contributed by atoms with van der Waals surface area (Å²) in [6.07, 6.45) is 0.857. The number of pyridine rings is 1. The maximum absolute atomic E-state index is 12.5. The van der Waals surface area contributed by atoms with Crippen LogP contribution in [0.15, 0.2) is 15.7 Å². The molecule has 3 rings (SSSR count).